The number of nitrogens with one attached hydrogen (secondary N) is 1. The van der Waals surface area contributed by atoms with Crippen LogP contribution >= 0.6 is 0 Å². The fourth-order valence-electron chi connectivity index (χ4n) is 1.48. The third-order valence-corrected chi connectivity index (χ3v) is 2.37. The van der Waals surface area contributed by atoms with Crippen molar-refractivity contribution in [3.63, 3.8) is 0 Å². The first kappa shape index (κ1) is 13.3. The highest BCUT2D eigenvalue weighted by Crippen LogP contribution is 2.27. The van der Waals surface area contributed by atoms with E-state index in [9.17, 15) is 10.1 Å². The average Bonchev–Trinajstić information content (AvgIpc) is 2.47. The lowest BCUT2D eigenvalue weighted by Gasteiger charge is -2.07. The first-order valence-electron chi connectivity index (χ1n) is 5.44. The van der Waals surface area contributed by atoms with Crippen molar-refractivity contribution in [3.8, 4) is 17.7 Å². The molecule has 0 fully saturated rings. The Kier molecular flexibility index (Phi) is 3.74. The Bertz CT molecular complexity index is 696. The van der Waals surface area contributed by atoms with E-state index in [1.807, 2.05) is 6.07 Å². The van der Waals surface area contributed by atoms with Gasteiger partial charge in [0.1, 0.15) is 11.8 Å². The summed E-state index contributed by atoms with van der Waals surface area (Å²) >= 11 is 0. The van der Waals surface area contributed by atoms with Gasteiger partial charge in [-0.1, -0.05) is 12.1 Å². The topological polar surface area (TPSA) is 127 Å². The van der Waals surface area contributed by atoms with Crippen molar-refractivity contribution in [2.24, 2.45) is 5.84 Å². The second kappa shape index (κ2) is 5.64. The predicted octanol–water partition coefficient (Wildman–Crippen LogP) is 1.94. The number of nitriles is 1. The summed E-state index contributed by atoms with van der Waals surface area (Å²) in [4.78, 5) is 14.1. The maximum Gasteiger partial charge on any atom is 0.278 e. The number of anilines is 1. The van der Waals surface area contributed by atoms with Crippen molar-refractivity contribution < 1.29 is 9.66 Å². The van der Waals surface area contributed by atoms with E-state index in [2.05, 4.69) is 10.4 Å². The van der Waals surface area contributed by atoms with E-state index in [-0.39, 0.29) is 23.1 Å². The second-order valence-electron chi connectivity index (χ2n) is 3.66. The van der Waals surface area contributed by atoms with Crippen LogP contribution in [0.5, 0.6) is 11.6 Å². The molecule has 0 aliphatic heterocycles. The number of aromatic nitrogens is 1. The molecule has 8 nitrogen and oxygen atoms in total. The number of hydrogen-bond donors (Lipinski definition) is 2. The molecule has 2 rings (SSSR count). The van der Waals surface area contributed by atoms with Crippen LogP contribution in [0.25, 0.3) is 0 Å². The monoisotopic (exact) mass is 271 g/mol. The van der Waals surface area contributed by atoms with Gasteiger partial charge in [-0.15, -0.1) is 0 Å². The molecule has 1 aromatic carbocycles. The summed E-state index contributed by atoms with van der Waals surface area (Å²) in [6.07, 6.45) is 0. The third-order valence-electron chi connectivity index (χ3n) is 2.37. The highest BCUT2D eigenvalue weighted by molar-refractivity contribution is 5.50. The number of rotatable bonds is 4. The molecule has 0 aliphatic rings. The Morgan fingerprint density at radius 3 is 2.80 bits per heavy atom. The van der Waals surface area contributed by atoms with Crippen LogP contribution in [0.15, 0.2) is 36.4 Å². The van der Waals surface area contributed by atoms with Gasteiger partial charge in [0.2, 0.25) is 5.88 Å². The molecular formula is C12H9N5O3. The number of nitrogen functional groups attached to an aromatic ring is 1. The number of nitro groups is 1. The van der Waals surface area contributed by atoms with Gasteiger partial charge in [0.25, 0.3) is 5.69 Å². The number of para-hydroxylation sites is 1. The standard InChI is InChI=1S/C12H9N5O3/c13-7-8-3-1-2-4-10(8)20-12-6-9(17(18)19)5-11(15-12)16-14/h1-6H,14H2,(H,15,16). The number of ether oxygens (including phenoxy) is 1. The molecule has 0 bridgehead atoms. The zero-order chi connectivity index (χ0) is 14.5. The quantitative estimate of drug-likeness (QED) is 0.494. The fraction of sp³-hybridized carbons (Fsp3) is 0. The molecule has 3 N–H and O–H groups in total. The molecule has 0 aliphatic carbocycles. The van der Waals surface area contributed by atoms with Crippen LogP contribution in [0.2, 0.25) is 0 Å². The fourth-order valence-corrected chi connectivity index (χ4v) is 1.48. The molecule has 100 valence electrons. The number of hydrogen-bond acceptors (Lipinski definition) is 7. The molecule has 0 radical (unpaired) electrons. The Morgan fingerprint density at radius 1 is 1.40 bits per heavy atom. The van der Waals surface area contributed by atoms with Crippen LogP contribution in [-0.2, 0) is 0 Å². The molecule has 1 heterocycles. The summed E-state index contributed by atoms with van der Waals surface area (Å²) in [5.41, 5.74) is 2.29. The summed E-state index contributed by atoms with van der Waals surface area (Å²) in [5, 5.41) is 19.7. The number of benzene rings is 1. The molecule has 0 saturated heterocycles. The molecule has 0 spiro atoms. The Morgan fingerprint density at radius 2 is 2.15 bits per heavy atom. The molecule has 2 aromatic rings. The smallest absolute Gasteiger partial charge is 0.278 e. The summed E-state index contributed by atoms with van der Waals surface area (Å²) in [7, 11) is 0. The van der Waals surface area contributed by atoms with Crippen LogP contribution in [0.3, 0.4) is 0 Å². The van der Waals surface area contributed by atoms with Crippen LogP contribution in [0.1, 0.15) is 5.56 Å². The zero-order valence-electron chi connectivity index (χ0n) is 10.1. The van der Waals surface area contributed by atoms with Gasteiger partial charge in [-0.25, -0.2) is 5.84 Å². The maximum absolute atomic E-state index is 10.8. The van der Waals surface area contributed by atoms with Crippen molar-refractivity contribution in [3.05, 3.63) is 52.1 Å². The van der Waals surface area contributed by atoms with E-state index < -0.39 is 4.92 Å². The van der Waals surface area contributed by atoms with Gasteiger partial charge in [0, 0.05) is 0 Å². The molecular weight excluding hydrogens is 262 g/mol. The van der Waals surface area contributed by atoms with Gasteiger partial charge in [-0.2, -0.15) is 10.2 Å². The van der Waals surface area contributed by atoms with Gasteiger partial charge < -0.3 is 10.2 Å². The number of hydrazine groups is 1. The van der Waals surface area contributed by atoms with Crippen molar-refractivity contribution in [1.82, 2.24) is 4.98 Å². The minimum Gasteiger partial charge on any atom is -0.437 e. The van der Waals surface area contributed by atoms with E-state index in [1.165, 1.54) is 6.07 Å². The molecule has 0 amide bonds. The summed E-state index contributed by atoms with van der Waals surface area (Å²) in [6.45, 7) is 0. The highest BCUT2D eigenvalue weighted by atomic mass is 16.6. The van der Waals surface area contributed by atoms with Gasteiger partial charge in [-0.05, 0) is 12.1 Å². The Balaban J connectivity index is 2.40. The van der Waals surface area contributed by atoms with Crippen LogP contribution in [-0.4, -0.2) is 9.91 Å². The SMILES string of the molecule is N#Cc1ccccc1Oc1cc([N+](=O)[O-])cc(NN)n1. The number of nitrogens with zero attached hydrogens (tertiary/aromatic N) is 3. The van der Waals surface area contributed by atoms with Gasteiger partial charge in [0.15, 0.2) is 5.82 Å². The Labute approximate surface area is 113 Å². The maximum atomic E-state index is 10.8. The molecule has 20 heavy (non-hydrogen) atoms. The molecule has 0 saturated carbocycles. The number of pyridine rings is 1. The summed E-state index contributed by atoms with van der Waals surface area (Å²) < 4.78 is 5.40. The lowest BCUT2D eigenvalue weighted by Crippen LogP contribution is -2.09. The first-order chi connectivity index (χ1) is 9.63. The van der Waals surface area contributed by atoms with Gasteiger partial charge >= 0.3 is 0 Å². The van der Waals surface area contributed by atoms with E-state index in [0.717, 1.165) is 6.07 Å². The van der Waals surface area contributed by atoms with Crippen molar-refractivity contribution >= 4 is 11.5 Å². The van der Waals surface area contributed by atoms with E-state index in [1.54, 1.807) is 24.3 Å². The van der Waals surface area contributed by atoms with Crippen LogP contribution in [0.4, 0.5) is 11.5 Å². The zero-order valence-corrected chi connectivity index (χ0v) is 10.1. The van der Waals surface area contributed by atoms with Crippen molar-refractivity contribution in [2.75, 3.05) is 5.43 Å². The predicted molar refractivity (Wildman–Crippen MR) is 69.9 cm³/mol. The van der Waals surface area contributed by atoms with Crippen LogP contribution < -0.4 is 16.0 Å². The first-order valence-corrected chi connectivity index (χ1v) is 5.44. The molecule has 0 unspecified atom stereocenters. The molecule has 8 heteroatoms. The van der Waals surface area contributed by atoms with Crippen molar-refractivity contribution in [2.45, 2.75) is 0 Å². The minimum absolute atomic E-state index is 0.0325. The lowest BCUT2D eigenvalue weighted by atomic mass is 10.2. The lowest BCUT2D eigenvalue weighted by molar-refractivity contribution is -0.384. The van der Waals surface area contributed by atoms with E-state index in [4.69, 9.17) is 15.8 Å². The van der Waals surface area contributed by atoms with Crippen molar-refractivity contribution in [1.29, 1.82) is 5.26 Å². The molecule has 1 aromatic heterocycles. The largest absolute Gasteiger partial charge is 0.437 e. The van der Waals surface area contributed by atoms with Crippen LogP contribution in [0, 0.1) is 21.4 Å². The summed E-state index contributed by atoms with van der Waals surface area (Å²) in [5.74, 6) is 5.50. The second-order valence-corrected chi connectivity index (χ2v) is 3.66. The highest BCUT2D eigenvalue weighted by Gasteiger charge is 2.13. The third kappa shape index (κ3) is 2.80. The average molecular weight is 271 g/mol. The Hall–Kier alpha value is -3.18. The van der Waals surface area contributed by atoms with E-state index >= 15 is 0 Å². The molecule has 0 atom stereocenters. The summed E-state index contributed by atoms with van der Waals surface area (Å²) in [6, 6.07) is 10.8. The number of nitrogens with two attached hydrogens (primary N) is 1. The minimum atomic E-state index is -0.592. The normalized spacial score (nSPS) is 9.60. The van der Waals surface area contributed by atoms with Gasteiger partial charge in [0.05, 0.1) is 22.6 Å². The van der Waals surface area contributed by atoms with Gasteiger partial charge in [-0.3, -0.25) is 10.1 Å². The van der Waals surface area contributed by atoms with E-state index in [0.29, 0.717) is 5.56 Å².